The second-order valence-electron chi connectivity index (χ2n) is 7.36. The van der Waals surface area contributed by atoms with E-state index in [1.807, 2.05) is 58.9 Å². The molecule has 126 valence electrons. The van der Waals surface area contributed by atoms with Crippen LogP contribution in [0.4, 0.5) is 4.79 Å². The molecule has 0 aliphatic rings. The molecule has 4 heteroatoms. The van der Waals surface area contributed by atoms with Gasteiger partial charge >= 0.3 is 6.09 Å². The second kappa shape index (κ2) is 8.03. The normalized spacial score (nSPS) is 11.4. The summed E-state index contributed by atoms with van der Waals surface area (Å²) in [5.41, 5.74) is 1.37. The monoisotopic (exact) mass is 317 g/mol. The molecule has 0 aromatic heterocycles. The summed E-state index contributed by atoms with van der Waals surface area (Å²) in [7, 11) is 0. The van der Waals surface area contributed by atoms with Crippen LogP contribution in [0.25, 0.3) is 0 Å². The Morgan fingerprint density at radius 2 is 1.96 bits per heavy atom. The van der Waals surface area contributed by atoms with E-state index in [0.29, 0.717) is 0 Å². The van der Waals surface area contributed by atoms with Crippen molar-refractivity contribution >= 4 is 6.09 Å². The van der Waals surface area contributed by atoms with E-state index in [4.69, 9.17) is 4.74 Å². The maximum absolute atomic E-state index is 11.5. The summed E-state index contributed by atoms with van der Waals surface area (Å²) >= 11 is 0. The highest BCUT2D eigenvalue weighted by Gasteiger charge is 2.17. The highest BCUT2D eigenvalue weighted by Crippen LogP contribution is 2.21. The van der Waals surface area contributed by atoms with Gasteiger partial charge in [-0.2, -0.15) is 0 Å². The van der Waals surface area contributed by atoms with E-state index < -0.39 is 11.7 Å². The van der Waals surface area contributed by atoms with E-state index >= 15 is 0 Å². The van der Waals surface area contributed by atoms with Crippen LogP contribution in [0.2, 0.25) is 0 Å². The Hall–Kier alpha value is -1.99. The van der Waals surface area contributed by atoms with Crippen LogP contribution in [0.3, 0.4) is 0 Å². The zero-order valence-corrected chi connectivity index (χ0v) is 14.7. The minimum absolute atomic E-state index is 0.142. The van der Waals surface area contributed by atoms with Crippen LogP contribution in [0.15, 0.2) is 24.3 Å². The first-order valence-electron chi connectivity index (χ1n) is 7.77. The SMILES string of the molecule is CC(C)(CO)Cc1cccc(C#CCNC(=O)OC(C)(C)C)c1. The number of amides is 1. The van der Waals surface area contributed by atoms with Crippen molar-refractivity contribution in [2.75, 3.05) is 13.2 Å². The van der Waals surface area contributed by atoms with Gasteiger partial charge in [0, 0.05) is 12.2 Å². The molecule has 0 aliphatic carbocycles. The molecule has 0 heterocycles. The summed E-state index contributed by atoms with van der Waals surface area (Å²) in [5, 5.41) is 12.0. The van der Waals surface area contributed by atoms with Crippen molar-refractivity contribution in [1.82, 2.24) is 5.32 Å². The number of carbonyl (C=O) groups is 1. The van der Waals surface area contributed by atoms with Crippen molar-refractivity contribution in [3.05, 3.63) is 35.4 Å². The molecular weight excluding hydrogens is 290 g/mol. The molecular formula is C19H27NO3. The largest absolute Gasteiger partial charge is 0.444 e. The Kier molecular flexibility index (Phi) is 6.65. The van der Waals surface area contributed by atoms with E-state index in [0.717, 1.165) is 17.5 Å². The van der Waals surface area contributed by atoms with Crippen molar-refractivity contribution in [3.8, 4) is 11.8 Å². The van der Waals surface area contributed by atoms with Gasteiger partial charge in [-0.15, -0.1) is 0 Å². The number of alkyl carbamates (subject to hydrolysis) is 1. The Morgan fingerprint density at radius 1 is 1.26 bits per heavy atom. The third-order valence-electron chi connectivity index (χ3n) is 2.99. The van der Waals surface area contributed by atoms with Crippen molar-refractivity contribution in [3.63, 3.8) is 0 Å². The summed E-state index contributed by atoms with van der Waals surface area (Å²) in [6, 6.07) is 7.92. The number of aliphatic hydroxyl groups is 1. The number of nitrogens with one attached hydrogen (secondary N) is 1. The zero-order chi connectivity index (χ0) is 17.5. The minimum Gasteiger partial charge on any atom is -0.444 e. The van der Waals surface area contributed by atoms with Crippen molar-refractivity contribution in [2.45, 2.75) is 46.6 Å². The lowest BCUT2D eigenvalue weighted by molar-refractivity contribution is 0.0535. The maximum Gasteiger partial charge on any atom is 0.408 e. The molecule has 0 aliphatic heterocycles. The van der Waals surface area contributed by atoms with Crippen molar-refractivity contribution in [2.24, 2.45) is 5.41 Å². The first-order chi connectivity index (χ1) is 10.6. The number of aliphatic hydroxyl groups excluding tert-OH is 1. The Bertz CT molecular complexity index is 589. The van der Waals surface area contributed by atoms with Gasteiger partial charge in [0.2, 0.25) is 0 Å². The summed E-state index contributed by atoms with van der Waals surface area (Å²) in [4.78, 5) is 11.5. The standard InChI is InChI=1S/C19H27NO3/c1-18(2,3)23-17(22)20-11-7-10-15-8-6-9-16(12-15)13-19(4,5)14-21/h6,8-9,12,21H,11,13-14H2,1-5H3,(H,20,22). The number of hydrogen-bond donors (Lipinski definition) is 2. The molecule has 0 bridgehead atoms. The van der Waals surface area contributed by atoms with Crippen molar-refractivity contribution < 1.29 is 14.6 Å². The lowest BCUT2D eigenvalue weighted by Gasteiger charge is -2.21. The third kappa shape index (κ3) is 8.27. The van der Waals surface area contributed by atoms with Gasteiger partial charge in [-0.05, 0) is 50.3 Å². The number of carbonyl (C=O) groups excluding carboxylic acids is 1. The van der Waals surface area contributed by atoms with Gasteiger partial charge in [0.15, 0.2) is 0 Å². The molecule has 4 nitrogen and oxygen atoms in total. The second-order valence-corrected chi connectivity index (χ2v) is 7.36. The summed E-state index contributed by atoms with van der Waals surface area (Å²) in [6.45, 7) is 9.88. The Labute approximate surface area is 139 Å². The molecule has 0 atom stereocenters. The van der Waals surface area contributed by atoms with Gasteiger partial charge < -0.3 is 15.2 Å². The zero-order valence-electron chi connectivity index (χ0n) is 14.7. The van der Waals surface area contributed by atoms with E-state index in [2.05, 4.69) is 17.2 Å². The Balaban J connectivity index is 2.57. The first kappa shape index (κ1) is 19.1. The van der Waals surface area contributed by atoms with E-state index in [9.17, 15) is 9.90 Å². The molecule has 1 rings (SSSR count). The van der Waals surface area contributed by atoms with E-state index in [-0.39, 0.29) is 18.6 Å². The molecule has 0 unspecified atom stereocenters. The first-order valence-corrected chi connectivity index (χ1v) is 7.77. The lowest BCUT2D eigenvalue weighted by atomic mass is 9.86. The molecule has 2 N–H and O–H groups in total. The summed E-state index contributed by atoms with van der Waals surface area (Å²) in [5.74, 6) is 5.94. The van der Waals surface area contributed by atoms with Crippen LogP contribution in [-0.4, -0.2) is 30.0 Å². The minimum atomic E-state index is -0.509. The van der Waals surface area contributed by atoms with Gasteiger partial charge in [-0.3, -0.25) is 0 Å². The van der Waals surface area contributed by atoms with Crippen LogP contribution in [0.5, 0.6) is 0 Å². The molecule has 0 spiro atoms. The van der Waals surface area contributed by atoms with Crippen LogP contribution >= 0.6 is 0 Å². The fourth-order valence-electron chi connectivity index (χ4n) is 1.94. The molecule has 1 amide bonds. The van der Waals surface area contributed by atoms with Gasteiger partial charge in [0.25, 0.3) is 0 Å². The highest BCUT2D eigenvalue weighted by atomic mass is 16.6. The average Bonchev–Trinajstić information content (AvgIpc) is 2.42. The predicted octanol–water partition coefficient (Wildman–Crippen LogP) is 3.12. The van der Waals surface area contributed by atoms with E-state index in [1.165, 1.54) is 0 Å². The third-order valence-corrected chi connectivity index (χ3v) is 2.99. The molecule has 1 aromatic carbocycles. The summed E-state index contributed by atoms with van der Waals surface area (Å²) in [6.07, 6.45) is 0.320. The maximum atomic E-state index is 11.5. The van der Waals surface area contributed by atoms with Gasteiger partial charge in [0.05, 0.1) is 6.54 Å². The lowest BCUT2D eigenvalue weighted by Crippen LogP contribution is -2.32. The molecule has 0 saturated carbocycles. The number of benzene rings is 1. The molecule has 23 heavy (non-hydrogen) atoms. The summed E-state index contributed by atoms with van der Waals surface area (Å²) < 4.78 is 5.13. The fraction of sp³-hybridized carbons (Fsp3) is 0.526. The van der Waals surface area contributed by atoms with Crippen LogP contribution < -0.4 is 5.32 Å². The topological polar surface area (TPSA) is 58.6 Å². The van der Waals surface area contributed by atoms with Crippen LogP contribution in [0.1, 0.15) is 45.7 Å². The molecule has 0 saturated heterocycles. The number of rotatable bonds is 4. The highest BCUT2D eigenvalue weighted by molar-refractivity contribution is 5.68. The van der Waals surface area contributed by atoms with Gasteiger partial charge in [-0.1, -0.05) is 37.8 Å². The molecule has 0 fully saturated rings. The van der Waals surface area contributed by atoms with Gasteiger partial charge in [0.1, 0.15) is 5.60 Å². The van der Waals surface area contributed by atoms with Crippen molar-refractivity contribution in [1.29, 1.82) is 0 Å². The average molecular weight is 317 g/mol. The molecule has 1 aromatic rings. The number of ether oxygens (including phenoxy) is 1. The van der Waals surface area contributed by atoms with Crippen LogP contribution in [-0.2, 0) is 11.2 Å². The Morgan fingerprint density at radius 3 is 2.57 bits per heavy atom. The smallest absolute Gasteiger partial charge is 0.408 e. The predicted molar refractivity (Wildman–Crippen MR) is 92.1 cm³/mol. The number of hydrogen-bond acceptors (Lipinski definition) is 3. The van der Waals surface area contributed by atoms with E-state index in [1.54, 1.807) is 0 Å². The quantitative estimate of drug-likeness (QED) is 0.839. The van der Waals surface area contributed by atoms with Gasteiger partial charge in [-0.25, -0.2) is 4.79 Å². The fourth-order valence-corrected chi connectivity index (χ4v) is 1.94. The van der Waals surface area contributed by atoms with Crippen LogP contribution in [0, 0.1) is 17.3 Å². The molecule has 0 radical (unpaired) electrons.